The summed E-state index contributed by atoms with van der Waals surface area (Å²) in [5.41, 5.74) is 4.85. The van der Waals surface area contributed by atoms with Crippen molar-refractivity contribution in [2.45, 2.75) is 0 Å². The third-order valence-corrected chi connectivity index (χ3v) is 0.870. The number of hydrogen-bond acceptors (Lipinski definition) is 2. The number of carbonyl (C=O) groups excluding carboxylic acids is 1. The molecule has 0 atom stereocenters. The molecule has 10 heavy (non-hydrogen) atoms. The van der Waals surface area contributed by atoms with Gasteiger partial charge >= 0.3 is 6.03 Å². The lowest BCUT2D eigenvalue weighted by atomic mass is 10.7. The first-order chi connectivity index (χ1) is 4.57. The van der Waals surface area contributed by atoms with E-state index in [0.29, 0.717) is 5.96 Å². The van der Waals surface area contributed by atoms with Crippen LogP contribution >= 0.6 is 0 Å². The van der Waals surface area contributed by atoms with Crippen LogP contribution < -0.4 is 11.1 Å². The number of nitrogens with zero attached hydrogens (tertiary/aromatic N) is 2. The molecule has 0 saturated heterocycles. The van der Waals surface area contributed by atoms with Crippen LogP contribution in [-0.4, -0.2) is 38.0 Å². The Bertz CT molecular complexity index is 152. The van der Waals surface area contributed by atoms with Gasteiger partial charge in [0.25, 0.3) is 0 Å². The largest absolute Gasteiger partial charge is 0.351 e. The van der Waals surface area contributed by atoms with E-state index in [-0.39, 0.29) is 0 Å². The van der Waals surface area contributed by atoms with Crippen molar-refractivity contribution in [3.63, 3.8) is 0 Å². The van der Waals surface area contributed by atoms with Crippen molar-refractivity contribution < 1.29 is 4.79 Å². The molecule has 0 radical (unpaired) electrons. The molecule has 0 bridgehead atoms. The number of amides is 2. The highest BCUT2D eigenvalue weighted by atomic mass is 16.2. The Labute approximate surface area is 59.9 Å². The molecule has 0 fully saturated rings. The molecule has 0 aliphatic carbocycles. The van der Waals surface area contributed by atoms with Crippen molar-refractivity contribution in [3.05, 3.63) is 0 Å². The maximum absolute atomic E-state index is 10.3. The molecular weight excluding hydrogens is 132 g/mol. The summed E-state index contributed by atoms with van der Waals surface area (Å²) < 4.78 is 0. The average Bonchev–Trinajstić information content (AvgIpc) is 1.81. The van der Waals surface area contributed by atoms with Crippen molar-refractivity contribution in [2.24, 2.45) is 10.7 Å². The van der Waals surface area contributed by atoms with E-state index in [1.54, 1.807) is 26.0 Å². The second kappa shape index (κ2) is 3.71. The molecule has 5 heteroatoms. The average molecular weight is 144 g/mol. The van der Waals surface area contributed by atoms with Gasteiger partial charge in [0.05, 0.1) is 0 Å². The second-order valence-electron chi connectivity index (χ2n) is 1.93. The van der Waals surface area contributed by atoms with Crippen LogP contribution in [0.1, 0.15) is 0 Å². The summed E-state index contributed by atoms with van der Waals surface area (Å²) in [5, 5.41) is 2.34. The number of urea groups is 1. The van der Waals surface area contributed by atoms with Crippen molar-refractivity contribution in [3.8, 4) is 0 Å². The van der Waals surface area contributed by atoms with Crippen LogP contribution in [0.2, 0.25) is 0 Å². The summed E-state index contributed by atoms with van der Waals surface area (Å²) in [5.74, 6) is 0.451. The van der Waals surface area contributed by atoms with E-state index in [9.17, 15) is 4.79 Å². The summed E-state index contributed by atoms with van der Waals surface area (Å²) in [6.45, 7) is 0. The molecule has 0 aliphatic rings. The second-order valence-corrected chi connectivity index (χ2v) is 1.93. The predicted octanol–water partition coefficient (Wildman–Crippen LogP) is -0.798. The number of primary amides is 1. The number of aliphatic imine (C=N–C) groups is 1. The molecule has 3 N–H and O–H groups in total. The first kappa shape index (κ1) is 8.74. The molecule has 0 rings (SSSR count). The van der Waals surface area contributed by atoms with Gasteiger partial charge in [0, 0.05) is 21.1 Å². The van der Waals surface area contributed by atoms with E-state index < -0.39 is 6.03 Å². The zero-order valence-corrected chi connectivity index (χ0v) is 6.38. The summed E-state index contributed by atoms with van der Waals surface area (Å²) in [6, 6.07) is -0.602. The quantitative estimate of drug-likeness (QED) is 0.345. The normalized spacial score (nSPS) is 10.9. The SMILES string of the molecule is CN=C(NC(N)=O)N(C)C. The Morgan fingerprint density at radius 3 is 2.20 bits per heavy atom. The number of carbonyl (C=O) groups is 1. The van der Waals surface area contributed by atoms with E-state index in [1.165, 1.54) is 0 Å². The van der Waals surface area contributed by atoms with Crippen molar-refractivity contribution in [1.29, 1.82) is 0 Å². The van der Waals surface area contributed by atoms with Crippen molar-refractivity contribution in [2.75, 3.05) is 21.1 Å². The summed E-state index contributed by atoms with van der Waals surface area (Å²) >= 11 is 0. The van der Waals surface area contributed by atoms with Crippen LogP contribution in [0.5, 0.6) is 0 Å². The number of nitrogens with two attached hydrogens (primary N) is 1. The molecule has 2 amide bonds. The smallest absolute Gasteiger partial charge is 0.318 e. The fourth-order valence-corrected chi connectivity index (χ4v) is 0.478. The Morgan fingerprint density at radius 1 is 1.60 bits per heavy atom. The van der Waals surface area contributed by atoms with Gasteiger partial charge in [0.1, 0.15) is 0 Å². The van der Waals surface area contributed by atoms with Gasteiger partial charge in [0.15, 0.2) is 0 Å². The Balaban J connectivity index is 3.99. The molecule has 0 aromatic carbocycles. The molecule has 0 aromatic rings. The van der Waals surface area contributed by atoms with Gasteiger partial charge in [-0.2, -0.15) is 0 Å². The summed E-state index contributed by atoms with van der Waals surface area (Å²) in [7, 11) is 5.10. The zero-order chi connectivity index (χ0) is 8.15. The van der Waals surface area contributed by atoms with Crippen LogP contribution in [-0.2, 0) is 0 Å². The van der Waals surface area contributed by atoms with Gasteiger partial charge in [-0.05, 0) is 0 Å². The number of guanidine groups is 1. The van der Waals surface area contributed by atoms with E-state index in [2.05, 4.69) is 10.3 Å². The summed E-state index contributed by atoms with van der Waals surface area (Å²) in [4.78, 5) is 15.7. The molecule has 0 saturated carbocycles. The maximum Gasteiger partial charge on any atom is 0.318 e. The Morgan fingerprint density at radius 2 is 2.10 bits per heavy atom. The Hall–Kier alpha value is -1.26. The van der Waals surface area contributed by atoms with Gasteiger partial charge in [0.2, 0.25) is 5.96 Å². The van der Waals surface area contributed by atoms with Crippen LogP contribution in [0.25, 0.3) is 0 Å². The molecule has 0 aromatic heterocycles. The third-order valence-electron chi connectivity index (χ3n) is 0.870. The molecule has 0 unspecified atom stereocenters. The van der Waals surface area contributed by atoms with Crippen LogP contribution in [0.4, 0.5) is 4.79 Å². The number of rotatable bonds is 0. The third kappa shape index (κ3) is 2.91. The van der Waals surface area contributed by atoms with Gasteiger partial charge in [-0.1, -0.05) is 0 Å². The lowest BCUT2D eigenvalue weighted by Gasteiger charge is -2.13. The lowest BCUT2D eigenvalue weighted by molar-refractivity contribution is 0.252. The number of hydrogen-bond donors (Lipinski definition) is 2. The van der Waals surface area contributed by atoms with Gasteiger partial charge in [-0.15, -0.1) is 0 Å². The lowest BCUT2D eigenvalue weighted by Crippen LogP contribution is -2.42. The first-order valence-corrected chi connectivity index (χ1v) is 2.78. The monoisotopic (exact) mass is 144 g/mol. The number of nitrogens with one attached hydrogen (secondary N) is 1. The standard InChI is InChI=1S/C5H12N4O/c1-7-5(9(2)3)8-4(6)10/h1-3H3,(H3,6,7,8,10). The van der Waals surface area contributed by atoms with Crippen molar-refractivity contribution >= 4 is 12.0 Å². The molecule has 58 valence electrons. The van der Waals surface area contributed by atoms with E-state index in [4.69, 9.17) is 5.73 Å². The minimum atomic E-state index is -0.602. The Kier molecular flexibility index (Phi) is 3.24. The molecular formula is C5H12N4O. The topological polar surface area (TPSA) is 70.7 Å². The highest BCUT2D eigenvalue weighted by Gasteiger charge is 2.00. The fourth-order valence-electron chi connectivity index (χ4n) is 0.478. The predicted molar refractivity (Wildman–Crippen MR) is 39.8 cm³/mol. The first-order valence-electron chi connectivity index (χ1n) is 2.78. The maximum atomic E-state index is 10.3. The molecule has 5 nitrogen and oxygen atoms in total. The van der Waals surface area contributed by atoms with E-state index in [1.807, 2.05) is 0 Å². The highest BCUT2D eigenvalue weighted by Crippen LogP contribution is 1.76. The fraction of sp³-hybridized carbons (Fsp3) is 0.600. The minimum Gasteiger partial charge on any atom is -0.351 e. The van der Waals surface area contributed by atoms with Crippen LogP contribution in [0.3, 0.4) is 0 Å². The van der Waals surface area contributed by atoms with Gasteiger partial charge < -0.3 is 10.6 Å². The molecule has 0 spiro atoms. The minimum absolute atomic E-state index is 0.451. The van der Waals surface area contributed by atoms with Gasteiger partial charge in [-0.3, -0.25) is 10.3 Å². The van der Waals surface area contributed by atoms with E-state index in [0.717, 1.165) is 0 Å². The van der Waals surface area contributed by atoms with Crippen molar-refractivity contribution in [1.82, 2.24) is 10.2 Å². The van der Waals surface area contributed by atoms with E-state index >= 15 is 0 Å². The highest BCUT2D eigenvalue weighted by molar-refractivity contribution is 5.95. The summed E-state index contributed by atoms with van der Waals surface area (Å²) in [6.07, 6.45) is 0. The molecule has 0 aliphatic heterocycles. The van der Waals surface area contributed by atoms with Gasteiger partial charge in [-0.25, -0.2) is 4.79 Å². The van der Waals surface area contributed by atoms with Crippen LogP contribution in [0, 0.1) is 0 Å². The zero-order valence-electron chi connectivity index (χ0n) is 6.38. The molecule has 0 heterocycles. The van der Waals surface area contributed by atoms with Crippen LogP contribution in [0.15, 0.2) is 4.99 Å².